The van der Waals surface area contributed by atoms with Crippen LogP contribution >= 0.6 is 0 Å². The normalized spacial score (nSPS) is 29.6. The van der Waals surface area contributed by atoms with Crippen molar-refractivity contribution in [3.8, 4) is 6.07 Å². The summed E-state index contributed by atoms with van der Waals surface area (Å²) < 4.78 is 28.2. The van der Waals surface area contributed by atoms with E-state index in [4.69, 9.17) is 15.2 Å². The highest BCUT2D eigenvalue weighted by atomic mass is 32.2. The molecule has 14 heteroatoms. The van der Waals surface area contributed by atoms with Gasteiger partial charge < -0.3 is 20.3 Å². The van der Waals surface area contributed by atoms with Crippen LogP contribution in [0.25, 0.3) is 11.0 Å². The molecule has 0 amide bonds. The molecule has 7 rings (SSSR count). The number of fused-ring (bicyclic) bond motifs is 1. The summed E-state index contributed by atoms with van der Waals surface area (Å²) in [5.74, 6) is 1.56. The van der Waals surface area contributed by atoms with Crippen LogP contribution in [-0.2, 0) is 16.6 Å². The van der Waals surface area contributed by atoms with Crippen LogP contribution < -0.4 is 10.2 Å². The summed E-state index contributed by atoms with van der Waals surface area (Å²) in [5.41, 5.74) is 1.31. The molecule has 0 spiro atoms. The Kier molecular flexibility index (Phi) is 4.88. The lowest BCUT2D eigenvalue weighted by molar-refractivity contribution is -0.177. The van der Waals surface area contributed by atoms with Gasteiger partial charge in [0.2, 0.25) is 16.0 Å². The fourth-order valence-electron chi connectivity index (χ4n) is 6.67. The zero-order valence-corrected chi connectivity index (χ0v) is 21.1. The van der Waals surface area contributed by atoms with E-state index in [0.717, 1.165) is 18.2 Å². The second-order valence-electron chi connectivity index (χ2n) is 10.6. The minimum absolute atomic E-state index is 0.131. The molecule has 4 atom stereocenters. The molecule has 4 fully saturated rings. The molecule has 4 aliphatic heterocycles. The van der Waals surface area contributed by atoms with Gasteiger partial charge in [-0.05, 0) is 31.7 Å². The Hall–Kier alpha value is -3.25. The molecule has 0 bridgehead atoms. The minimum atomic E-state index is -3.42. The van der Waals surface area contributed by atoms with E-state index in [1.54, 1.807) is 6.07 Å². The van der Waals surface area contributed by atoms with E-state index in [9.17, 15) is 13.5 Å². The Bertz CT molecular complexity index is 1500. The van der Waals surface area contributed by atoms with E-state index >= 15 is 0 Å². The lowest BCUT2D eigenvalue weighted by atomic mass is 9.67. The molecular formula is C23H28N10O3S. The molecule has 1 unspecified atom stereocenters. The van der Waals surface area contributed by atoms with Crippen LogP contribution in [0, 0.1) is 17.2 Å². The monoisotopic (exact) mass is 524 g/mol. The van der Waals surface area contributed by atoms with Gasteiger partial charge in [-0.3, -0.25) is 10.00 Å². The second-order valence-corrected chi connectivity index (χ2v) is 12.9. The molecule has 3 aromatic rings. The number of hydrogen-bond donors (Lipinski definition) is 4. The molecule has 0 aliphatic carbocycles. The van der Waals surface area contributed by atoms with E-state index in [0.29, 0.717) is 54.9 Å². The van der Waals surface area contributed by atoms with Crippen LogP contribution in [0.5, 0.6) is 0 Å². The zero-order chi connectivity index (χ0) is 25.5. The van der Waals surface area contributed by atoms with Crippen molar-refractivity contribution >= 4 is 38.6 Å². The average molecular weight is 525 g/mol. The van der Waals surface area contributed by atoms with Gasteiger partial charge in [0, 0.05) is 50.5 Å². The highest BCUT2D eigenvalue weighted by Crippen LogP contribution is 2.60. The van der Waals surface area contributed by atoms with Crippen molar-refractivity contribution in [1.29, 1.82) is 5.26 Å². The van der Waals surface area contributed by atoms with Gasteiger partial charge in [-0.1, -0.05) is 0 Å². The van der Waals surface area contributed by atoms with Gasteiger partial charge in [0.05, 0.1) is 29.7 Å². The molecule has 4 aliphatic rings. The molecule has 13 nitrogen and oxygen atoms in total. The van der Waals surface area contributed by atoms with E-state index < -0.39 is 14.9 Å². The standard InChI is InChI=1S/C23H28N10O3S/c1-31(22-27-20-18(2-3-25-20)21(28-22)26-19-4-14(12-34)29-30-19)15-5-16-7-23(8-17(6-15)33(16)23)37(35,36)32-10-13(9-24)11-32/h2-4,13,15-17,34H,5-8,10-12H2,1H3,(H3,25,26,27,28,29,30)/t15-,16+,17-,23?. The van der Waals surface area contributed by atoms with E-state index in [1.807, 2.05) is 19.3 Å². The number of sulfonamides is 1. The molecule has 0 radical (unpaired) electrons. The molecule has 3 aromatic heterocycles. The van der Waals surface area contributed by atoms with Crippen molar-refractivity contribution in [2.75, 3.05) is 30.4 Å². The van der Waals surface area contributed by atoms with Crippen LogP contribution in [0.2, 0.25) is 0 Å². The summed E-state index contributed by atoms with van der Waals surface area (Å²) in [5, 5.41) is 29.4. The van der Waals surface area contributed by atoms with Gasteiger partial charge in [-0.25, -0.2) is 8.42 Å². The first-order valence-electron chi connectivity index (χ1n) is 12.5. The van der Waals surface area contributed by atoms with Crippen molar-refractivity contribution < 1.29 is 13.5 Å². The maximum absolute atomic E-state index is 13.3. The number of nitrogens with one attached hydrogen (secondary N) is 3. The SMILES string of the molecule is CN(c1nc(Nc2cc(CO)[nH]n2)c2cc[nH]c2n1)[C@H]1C[C@@H]2CC3(S(=O)(=O)N4CC(C#N)C4)C[C@H](C1)N23. The van der Waals surface area contributed by atoms with Crippen molar-refractivity contribution in [3.63, 3.8) is 0 Å². The van der Waals surface area contributed by atoms with Crippen LogP contribution in [0.3, 0.4) is 0 Å². The number of nitriles is 1. The summed E-state index contributed by atoms with van der Waals surface area (Å²) in [7, 11) is -1.43. The lowest BCUT2D eigenvalue weighted by Crippen LogP contribution is -2.85. The van der Waals surface area contributed by atoms with Crippen LogP contribution in [0.15, 0.2) is 18.3 Å². The molecule has 0 aromatic carbocycles. The highest BCUT2D eigenvalue weighted by Gasteiger charge is 2.73. The number of aliphatic hydroxyl groups is 1. The van der Waals surface area contributed by atoms with E-state index in [2.05, 4.69) is 36.4 Å². The third-order valence-corrected chi connectivity index (χ3v) is 11.1. The Morgan fingerprint density at radius 3 is 2.73 bits per heavy atom. The largest absolute Gasteiger partial charge is 0.390 e. The van der Waals surface area contributed by atoms with Gasteiger partial charge >= 0.3 is 0 Å². The van der Waals surface area contributed by atoms with Crippen LogP contribution in [0.4, 0.5) is 17.6 Å². The van der Waals surface area contributed by atoms with Gasteiger partial charge in [-0.2, -0.15) is 24.6 Å². The Balaban J connectivity index is 1.09. The van der Waals surface area contributed by atoms with Gasteiger partial charge in [-0.15, -0.1) is 0 Å². The molecular weight excluding hydrogens is 496 g/mol. The van der Waals surface area contributed by atoms with Crippen LogP contribution in [-0.4, -0.2) is 91.0 Å². The zero-order valence-electron chi connectivity index (χ0n) is 20.3. The first-order chi connectivity index (χ1) is 17.8. The first-order valence-corrected chi connectivity index (χ1v) is 13.9. The summed E-state index contributed by atoms with van der Waals surface area (Å²) in [6.07, 6.45) is 4.79. The predicted molar refractivity (Wildman–Crippen MR) is 134 cm³/mol. The third kappa shape index (κ3) is 3.18. The summed E-state index contributed by atoms with van der Waals surface area (Å²) in [4.78, 5) is 16.3. The lowest BCUT2D eigenvalue weighted by Gasteiger charge is -2.73. The van der Waals surface area contributed by atoms with Crippen LogP contribution in [0.1, 0.15) is 31.4 Å². The fraction of sp³-hybridized carbons (Fsp3) is 0.565. The number of aliphatic hydroxyl groups excluding tert-OH is 1. The molecule has 7 heterocycles. The molecule has 4 saturated heterocycles. The quantitative estimate of drug-likeness (QED) is 0.347. The molecule has 37 heavy (non-hydrogen) atoms. The van der Waals surface area contributed by atoms with Gasteiger partial charge in [0.1, 0.15) is 16.3 Å². The topological polar surface area (TPSA) is 170 Å². The molecule has 194 valence electrons. The maximum Gasteiger partial charge on any atom is 0.233 e. The Labute approximate surface area is 213 Å². The maximum atomic E-state index is 13.3. The Morgan fingerprint density at radius 1 is 1.30 bits per heavy atom. The number of hydrogen-bond acceptors (Lipinski definition) is 10. The number of H-pyrrole nitrogens is 2. The average Bonchev–Trinajstić information content (AvgIpc) is 3.47. The first kappa shape index (κ1) is 22.9. The summed E-state index contributed by atoms with van der Waals surface area (Å²) in [6.45, 7) is 0.515. The number of piperidine rings is 2. The number of rotatable bonds is 7. The van der Waals surface area contributed by atoms with Gasteiger partial charge in [0.25, 0.3) is 0 Å². The van der Waals surface area contributed by atoms with Crippen molar-refractivity contribution in [3.05, 3.63) is 24.0 Å². The number of aromatic amines is 2. The van der Waals surface area contributed by atoms with Crippen molar-refractivity contribution in [2.45, 2.75) is 55.3 Å². The van der Waals surface area contributed by atoms with Crippen molar-refractivity contribution in [1.82, 2.24) is 34.4 Å². The summed E-state index contributed by atoms with van der Waals surface area (Å²) >= 11 is 0. The minimum Gasteiger partial charge on any atom is -0.390 e. The highest BCUT2D eigenvalue weighted by molar-refractivity contribution is 7.90. The Morgan fingerprint density at radius 2 is 2.05 bits per heavy atom. The molecule has 0 saturated carbocycles. The number of aromatic nitrogens is 5. The second kappa shape index (κ2) is 7.87. The van der Waals surface area contributed by atoms with Gasteiger partial charge in [0.15, 0.2) is 5.82 Å². The predicted octanol–water partition coefficient (Wildman–Crippen LogP) is 0.844. The van der Waals surface area contributed by atoms with E-state index in [-0.39, 0.29) is 30.7 Å². The number of anilines is 3. The van der Waals surface area contributed by atoms with Crippen molar-refractivity contribution in [2.24, 2.45) is 5.92 Å². The summed E-state index contributed by atoms with van der Waals surface area (Å²) in [6, 6.07) is 6.42. The fourth-order valence-corrected chi connectivity index (χ4v) is 9.28. The smallest absolute Gasteiger partial charge is 0.233 e. The van der Waals surface area contributed by atoms with E-state index in [1.165, 1.54) is 4.31 Å². The number of nitrogens with zero attached hydrogens (tertiary/aromatic N) is 7. The molecule has 4 N–H and O–H groups in total. The third-order valence-electron chi connectivity index (χ3n) is 8.62.